The molecule has 0 bridgehead atoms. The van der Waals surface area contributed by atoms with Crippen molar-refractivity contribution in [2.75, 3.05) is 12.9 Å². The van der Waals surface area contributed by atoms with Gasteiger partial charge >= 0.3 is 5.97 Å². The fourth-order valence-electron chi connectivity index (χ4n) is 5.58. The largest absolute Gasteiger partial charge is 0.461 e. The van der Waals surface area contributed by atoms with Crippen molar-refractivity contribution in [3.8, 4) is 0 Å². The van der Waals surface area contributed by atoms with E-state index in [1.54, 1.807) is 16.7 Å². The highest BCUT2D eigenvalue weighted by Crippen LogP contribution is 2.51. The fourth-order valence-corrected chi connectivity index (χ4v) is 7.71. The van der Waals surface area contributed by atoms with E-state index in [2.05, 4.69) is 11.9 Å². The van der Waals surface area contributed by atoms with Crippen molar-refractivity contribution in [1.82, 2.24) is 14.3 Å². The number of esters is 1. The molecule has 9 nitrogen and oxygen atoms in total. The number of β-lactam (4-membered cyclic amide) rings is 1. The third-order valence-electron chi connectivity index (χ3n) is 7.46. The van der Waals surface area contributed by atoms with Crippen molar-refractivity contribution in [3.05, 3.63) is 23.1 Å². The maximum Gasteiger partial charge on any atom is 0.355 e. The molecule has 2 aliphatic heterocycles. The van der Waals surface area contributed by atoms with Crippen LogP contribution >= 0.6 is 11.3 Å². The van der Waals surface area contributed by atoms with Crippen molar-refractivity contribution in [1.29, 1.82) is 0 Å². The average molecular weight is 552 g/mol. The zero-order chi connectivity index (χ0) is 26.9. The van der Waals surface area contributed by atoms with Crippen LogP contribution in [0.1, 0.15) is 77.8 Å². The number of ether oxygens (including phenoxy) is 1. The highest BCUT2D eigenvalue weighted by atomic mass is 32.2. The molecule has 0 saturated carbocycles. The first-order valence-corrected chi connectivity index (χ1v) is 15.9. The van der Waals surface area contributed by atoms with E-state index in [0.29, 0.717) is 16.1 Å². The number of aliphatic hydroxyl groups is 1. The number of nitrogens with zero attached hydrogens (tertiary/aromatic N) is 3. The molecule has 0 aliphatic carbocycles. The van der Waals surface area contributed by atoms with E-state index in [-0.39, 0.29) is 35.2 Å². The summed E-state index contributed by atoms with van der Waals surface area (Å²) >= 11 is 1.22. The first kappa shape index (κ1) is 27.8. The van der Waals surface area contributed by atoms with Gasteiger partial charge in [0.15, 0.2) is 14.9 Å². The van der Waals surface area contributed by atoms with Gasteiger partial charge in [0, 0.05) is 23.1 Å². The van der Waals surface area contributed by atoms with Gasteiger partial charge < -0.3 is 14.7 Å². The first-order chi connectivity index (χ1) is 17.6. The fraction of sp³-hybridized carbons (Fsp3) is 0.654. The van der Waals surface area contributed by atoms with Crippen molar-refractivity contribution in [2.45, 2.75) is 89.3 Å². The Morgan fingerprint density at radius 1 is 1.19 bits per heavy atom. The number of carbonyl (C=O) groups is 2. The number of imidazole rings is 1. The standard InChI is InChI=1S/C26H37N3O6S2/c1-5-6-7-8-9-10-11-12-13-35-26(32)22-19(16(2)21-20(17(3)30)24(31)29(21)22)18-14-36-25-23(37(4,33)34)27-15-28(18)25/h14-17,20-21,30H,5-13H2,1-4H3/t16-,17+,20+,21+/m0/s1. The molecule has 204 valence electrons. The van der Waals surface area contributed by atoms with E-state index < -0.39 is 27.8 Å². The molecule has 1 amide bonds. The van der Waals surface area contributed by atoms with E-state index >= 15 is 0 Å². The molecule has 4 rings (SSSR count). The van der Waals surface area contributed by atoms with E-state index in [0.717, 1.165) is 25.5 Å². The summed E-state index contributed by atoms with van der Waals surface area (Å²) in [6.45, 7) is 5.98. The molecule has 1 fully saturated rings. The summed E-state index contributed by atoms with van der Waals surface area (Å²) in [4.78, 5) is 32.4. The van der Waals surface area contributed by atoms with Crippen molar-refractivity contribution in [3.63, 3.8) is 0 Å². The number of sulfone groups is 1. The van der Waals surface area contributed by atoms with Gasteiger partial charge in [-0.05, 0) is 13.3 Å². The molecule has 4 heterocycles. The second kappa shape index (κ2) is 11.2. The lowest BCUT2D eigenvalue weighted by Gasteiger charge is -2.46. The summed E-state index contributed by atoms with van der Waals surface area (Å²) in [7, 11) is -3.53. The normalized spacial score (nSPS) is 22.5. The molecule has 2 aliphatic rings. The molecule has 1 N–H and O–H groups in total. The predicted molar refractivity (Wildman–Crippen MR) is 142 cm³/mol. The highest BCUT2D eigenvalue weighted by molar-refractivity contribution is 7.91. The highest BCUT2D eigenvalue weighted by Gasteiger charge is 2.60. The summed E-state index contributed by atoms with van der Waals surface area (Å²) in [6.07, 6.45) is 10.7. The Morgan fingerprint density at radius 3 is 2.46 bits per heavy atom. The van der Waals surface area contributed by atoms with Crippen LogP contribution in [-0.2, 0) is 24.2 Å². The second-order valence-corrected chi connectivity index (χ2v) is 13.0. The first-order valence-electron chi connectivity index (χ1n) is 13.2. The number of hydrogen-bond donors (Lipinski definition) is 1. The molecule has 0 spiro atoms. The smallest absolute Gasteiger partial charge is 0.355 e. The van der Waals surface area contributed by atoms with Gasteiger partial charge in [0.2, 0.25) is 5.91 Å². The number of aliphatic hydroxyl groups excluding tert-OH is 1. The summed E-state index contributed by atoms with van der Waals surface area (Å²) in [5, 5.41) is 12.0. The van der Waals surface area contributed by atoms with Gasteiger partial charge in [0.25, 0.3) is 0 Å². The number of rotatable bonds is 13. The van der Waals surface area contributed by atoms with Gasteiger partial charge in [-0.25, -0.2) is 18.2 Å². The molecular formula is C26H37N3O6S2. The molecular weight excluding hydrogens is 514 g/mol. The summed E-state index contributed by atoms with van der Waals surface area (Å²) in [6, 6.07) is -0.360. The number of thiazole rings is 1. The Labute approximate surface area is 222 Å². The van der Waals surface area contributed by atoms with Gasteiger partial charge in [-0.3, -0.25) is 9.20 Å². The SMILES string of the molecule is CCCCCCCCCCOC(=O)C1=C(c2csc3c(S(C)(=O)=O)ncn23)[C@H](C)[C@@H]2[C@@H]([C@@H](C)O)C(=O)N12. The van der Waals surface area contributed by atoms with Crippen LogP contribution in [0.25, 0.3) is 10.4 Å². The van der Waals surface area contributed by atoms with Crippen LogP contribution in [0.5, 0.6) is 0 Å². The molecule has 1 saturated heterocycles. The molecule has 2 aromatic rings. The second-order valence-electron chi connectivity index (χ2n) is 10.2. The van der Waals surface area contributed by atoms with Crippen molar-refractivity contribution >= 4 is 43.5 Å². The topological polar surface area (TPSA) is 118 Å². The van der Waals surface area contributed by atoms with E-state index in [9.17, 15) is 23.1 Å². The Balaban J connectivity index is 1.56. The maximum absolute atomic E-state index is 13.4. The minimum Gasteiger partial charge on any atom is -0.461 e. The zero-order valence-corrected chi connectivity index (χ0v) is 23.6. The number of hydrogen-bond acceptors (Lipinski definition) is 8. The minimum absolute atomic E-state index is 0.0185. The lowest BCUT2D eigenvalue weighted by molar-refractivity contribution is -0.164. The van der Waals surface area contributed by atoms with Gasteiger partial charge in [-0.2, -0.15) is 0 Å². The number of aromatic nitrogens is 2. The summed E-state index contributed by atoms with van der Waals surface area (Å²) < 4.78 is 31.7. The summed E-state index contributed by atoms with van der Waals surface area (Å²) in [5.41, 5.74) is 1.42. The molecule has 0 radical (unpaired) electrons. The third kappa shape index (κ3) is 5.22. The quantitative estimate of drug-likeness (QED) is 0.227. The van der Waals surface area contributed by atoms with E-state index in [4.69, 9.17) is 4.74 Å². The van der Waals surface area contributed by atoms with Gasteiger partial charge in [0.05, 0.1) is 30.4 Å². The molecule has 37 heavy (non-hydrogen) atoms. The molecule has 4 atom stereocenters. The number of carbonyl (C=O) groups excluding carboxylic acids is 2. The Kier molecular flexibility index (Phi) is 8.45. The van der Waals surface area contributed by atoms with E-state index in [1.165, 1.54) is 54.7 Å². The van der Waals surface area contributed by atoms with Crippen molar-refractivity contribution in [2.24, 2.45) is 11.8 Å². The van der Waals surface area contributed by atoms with Crippen LogP contribution in [0.3, 0.4) is 0 Å². The number of fused-ring (bicyclic) bond motifs is 2. The van der Waals surface area contributed by atoms with Crippen LogP contribution in [0.15, 0.2) is 22.4 Å². The van der Waals surface area contributed by atoms with Crippen molar-refractivity contribution < 1.29 is 27.9 Å². The van der Waals surface area contributed by atoms with Crippen LogP contribution in [0.2, 0.25) is 0 Å². The van der Waals surface area contributed by atoms with Crippen LogP contribution in [-0.4, -0.2) is 64.7 Å². The van der Waals surface area contributed by atoms with E-state index in [1.807, 2.05) is 6.92 Å². The minimum atomic E-state index is -3.53. The third-order valence-corrected chi connectivity index (χ3v) is 9.54. The molecule has 2 aromatic heterocycles. The lowest BCUT2D eigenvalue weighted by Crippen LogP contribution is -2.63. The van der Waals surface area contributed by atoms with Crippen LogP contribution in [0.4, 0.5) is 0 Å². The number of unbranched alkanes of at least 4 members (excludes halogenated alkanes) is 7. The van der Waals surface area contributed by atoms with Crippen LogP contribution in [0, 0.1) is 11.8 Å². The monoisotopic (exact) mass is 551 g/mol. The number of amides is 1. The van der Waals surface area contributed by atoms with Gasteiger partial charge in [-0.1, -0.05) is 58.8 Å². The Morgan fingerprint density at radius 2 is 1.84 bits per heavy atom. The molecule has 0 aromatic carbocycles. The molecule has 11 heteroatoms. The average Bonchev–Trinajstić information content (AvgIpc) is 3.48. The van der Waals surface area contributed by atoms with Gasteiger partial charge in [-0.15, -0.1) is 11.3 Å². The molecule has 0 unspecified atom stereocenters. The van der Waals surface area contributed by atoms with Gasteiger partial charge in [0.1, 0.15) is 16.9 Å². The Hall–Kier alpha value is -2.24. The lowest BCUT2D eigenvalue weighted by atomic mass is 9.77. The maximum atomic E-state index is 13.4. The zero-order valence-electron chi connectivity index (χ0n) is 22.0. The summed E-state index contributed by atoms with van der Waals surface area (Å²) in [5.74, 6) is -1.72. The van der Waals surface area contributed by atoms with Crippen LogP contribution < -0.4 is 0 Å². The Bertz CT molecular complexity index is 1290. The predicted octanol–water partition coefficient (Wildman–Crippen LogP) is 4.05.